The molecule has 1 saturated heterocycles. The van der Waals surface area contributed by atoms with E-state index in [1.54, 1.807) is 23.1 Å². The lowest BCUT2D eigenvalue weighted by atomic mass is 10.2. The summed E-state index contributed by atoms with van der Waals surface area (Å²) in [5.74, 6) is -0.751. The Labute approximate surface area is 163 Å². The van der Waals surface area contributed by atoms with Crippen molar-refractivity contribution in [3.05, 3.63) is 66.0 Å². The molecule has 6 nitrogen and oxygen atoms in total. The SMILES string of the molecule is COC(=O)N1CCN(c2ccc(NC(=O)/C=C/c3ccccc3)cc2F)CC1. The first-order valence-corrected chi connectivity index (χ1v) is 8.98. The first kappa shape index (κ1) is 19.4. The first-order valence-electron chi connectivity index (χ1n) is 8.98. The van der Waals surface area contributed by atoms with Gasteiger partial charge in [0.1, 0.15) is 5.82 Å². The maximum atomic E-state index is 14.5. The summed E-state index contributed by atoms with van der Waals surface area (Å²) in [7, 11) is 1.34. The topological polar surface area (TPSA) is 61.9 Å². The van der Waals surface area contributed by atoms with Crippen molar-refractivity contribution in [2.45, 2.75) is 0 Å². The van der Waals surface area contributed by atoms with Crippen molar-refractivity contribution in [2.75, 3.05) is 43.5 Å². The van der Waals surface area contributed by atoms with Crippen LogP contribution in [0.5, 0.6) is 0 Å². The Bertz CT molecular complexity index is 862. The van der Waals surface area contributed by atoms with Crippen LogP contribution in [0.1, 0.15) is 5.56 Å². The summed E-state index contributed by atoms with van der Waals surface area (Å²) in [6.07, 6.45) is 2.73. The zero-order chi connectivity index (χ0) is 19.9. The number of rotatable bonds is 4. The molecule has 1 aliphatic rings. The van der Waals surface area contributed by atoms with Gasteiger partial charge in [0.25, 0.3) is 0 Å². The third-order valence-corrected chi connectivity index (χ3v) is 4.50. The third kappa shape index (κ3) is 4.88. The van der Waals surface area contributed by atoms with Crippen molar-refractivity contribution < 1.29 is 18.7 Å². The molecule has 0 aromatic heterocycles. The summed E-state index contributed by atoms with van der Waals surface area (Å²) in [6.45, 7) is 1.96. The standard InChI is InChI=1S/C21H22FN3O3/c1-28-21(27)25-13-11-24(12-14-25)19-9-8-17(15-18(19)22)23-20(26)10-7-16-5-3-2-4-6-16/h2-10,15H,11-14H2,1H3,(H,23,26)/b10-7+. The van der Waals surface area contributed by atoms with Crippen LogP contribution in [-0.2, 0) is 9.53 Å². The summed E-state index contributed by atoms with van der Waals surface area (Å²) in [5.41, 5.74) is 1.74. The highest BCUT2D eigenvalue weighted by atomic mass is 19.1. The molecular weight excluding hydrogens is 361 g/mol. The van der Waals surface area contributed by atoms with Gasteiger partial charge in [0.2, 0.25) is 5.91 Å². The molecule has 0 bridgehead atoms. The number of hydrogen-bond donors (Lipinski definition) is 1. The van der Waals surface area contributed by atoms with E-state index in [0.29, 0.717) is 37.6 Å². The molecule has 0 saturated carbocycles. The highest BCUT2D eigenvalue weighted by Gasteiger charge is 2.23. The molecule has 0 aliphatic carbocycles. The molecule has 146 valence electrons. The normalized spacial score (nSPS) is 14.2. The number of hydrogen-bond acceptors (Lipinski definition) is 4. The lowest BCUT2D eigenvalue weighted by Gasteiger charge is -2.35. The van der Waals surface area contributed by atoms with Crippen molar-refractivity contribution in [2.24, 2.45) is 0 Å². The molecule has 0 radical (unpaired) electrons. The van der Waals surface area contributed by atoms with Crippen LogP contribution >= 0.6 is 0 Å². The largest absolute Gasteiger partial charge is 0.453 e. The van der Waals surface area contributed by atoms with Crippen LogP contribution in [0.4, 0.5) is 20.6 Å². The van der Waals surface area contributed by atoms with Crippen LogP contribution in [0, 0.1) is 5.82 Å². The lowest BCUT2D eigenvalue weighted by molar-refractivity contribution is -0.111. The van der Waals surface area contributed by atoms with Crippen molar-refractivity contribution in [1.82, 2.24) is 4.90 Å². The second-order valence-corrected chi connectivity index (χ2v) is 6.34. The molecule has 3 rings (SSSR count). The van der Waals surface area contributed by atoms with Crippen molar-refractivity contribution in [3.8, 4) is 0 Å². The quantitative estimate of drug-likeness (QED) is 0.823. The number of carbonyl (C=O) groups is 2. The van der Waals surface area contributed by atoms with Crippen molar-refractivity contribution >= 4 is 29.5 Å². The molecule has 0 atom stereocenters. The number of methoxy groups -OCH3 is 1. The summed E-state index contributed by atoms with van der Waals surface area (Å²) in [4.78, 5) is 27.0. The molecule has 2 aromatic rings. The van der Waals surface area contributed by atoms with Crippen LogP contribution in [0.15, 0.2) is 54.6 Å². The minimum absolute atomic E-state index is 0.331. The zero-order valence-electron chi connectivity index (χ0n) is 15.6. The van der Waals surface area contributed by atoms with E-state index >= 15 is 0 Å². The number of nitrogens with one attached hydrogen (secondary N) is 1. The Morgan fingerprint density at radius 2 is 1.79 bits per heavy atom. The molecule has 0 unspecified atom stereocenters. The van der Waals surface area contributed by atoms with Gasteiger partial charge < -0.3 is 19.9 Å². The van der Waals surface area contributed by atoms with Crippen LogP contribution in [0.25, 0.3) is 6.08 Å². The van der Waals surface area contributed by atoms with Gasteiger partial charge in [-0.3, -0.25) is 4.79 Å². The van der Waals surface area contributed by atoms with E-state index in [2.05, 4.69) is 5.32 Å². The van der Waals surface area contributed by atoms with Gasteiger partial charge in [-0.15, -0.1) is 0 Å². The number of nitrogens with zero attached hydrogens (tertiary/aromatic N) is 2. The number of benzene rings is 2. The summed E-state index contributed by atoms with van der Waals surface area (Å²) in [6, 6.07) is 14.1. The Kier molecular flexibility index (Phi) is 6.26. The molecule has 7 heteroatoms. The van der Waals surface area contributed by atoms with E-state index in [1.165, 1.54) is 19.3 Å². The summed E-state index contributed by atoms with van der Waals surface area (Å²) < 4.78 is 19.2. The van der Waals surface area contributed by atoms with Gasteiger partial charge in [0.05, 0.1) is 12.8 Å². The second-order valence-electron chi connectivity index (χ2n) is 6.34. The minimum atomic E-state index is -0.420. The number of halogens is 1. The predicted octanol–water partition coefficient (Wildman–Crippen LogP) is 3.37. The number of amides is 2. The Balaban J connectivity index is 1.59. The maximum absolute atomic E-state index is 14.5. The van der Waals surface area contributed by atoms with E-state index in [-0.39, 0.29) is 12.0 Å². The minimum Gasteiger partial charge on any atom is -0.453 e. The monoisotopic (exact) mass is 383 g/mol. The smallest absolute Gasteiger partial charge is 0.409 e. The van der Waals surface area contributed by atoms with Gasteiger partial charge in [-0.2, -0.15) is 0 Å². The molecule has 1 fully saturated rings. The predicted molar refractivity (Wildman–Crippen MR) is 107 cm³/mol. The van der Waals surface area contributed by atoms with Crippen LogP contribution < -0.4 is 10.2 Å². The number of anilines is 2. The second kappa shape index (κ2) is 9.03. The lowest BCUT2D eigenvalue weighted by Crippen LogP contribution is -2.49. The fourth-order valence-electron chi connectivity index (χ4n) is 3.02. The van der Waals surface area contributed by atoms with E-state index < -0.39 is 5.82 Å². The van der Waals surface area contributed by atoms with E-state index in [1.807, 2.05) is 35.2 Å². The number of carbonyl (C=O) groups excluding carboxylic acids is 2. The first-order chi connectivity index (χ1) is 13.6. The van der Waals surface area contributed by atoms with Gasteiger partial charge in [-0.05, 0) is 29.8 Å². The molecule has 1 N–H and O–H groups in total. The molecular formula is C21H22FN3O3. The van der Waals surface area contributed by atoms with Gasteiger partial charge in [0, 0.05) is 37.9 Å². The highest BCUT2D eigenvalue weighted by molar-refractivity contribution is 6.02. The highest BCUT2D eigenvalue weighted by Crippen LogP contribution is 2.24. The molecule has 28 heavy (non-hydrogen) atoms. The molecule has 2 aromatic carbocycles. The molecule has 1 aliphatic heterocycles. The molecule has 2 amide bonds. The van der Waals surface area contributed by atoms with Crippen LogP contribution in [0.3, 0.4) is 0 Å². The van der Waals surface area contributed by atoms with E-state index in [0.717, 1.165) is 5.56 Å². The molecule has 0 spiro atoms. The number of ether oxygens (including phenoxy) is 1. The summed E-state index contributed by atoms with van der Waals surface area (Å²) in [5, 5.41) is 2.66. The van der Waals surface area contributed by atoms with Gasteiger partial charge >= 0.3 is 6.09 Å². The Hall–Kier alpha value is -3.35. The van der Waals surface area contributed by atoms with Crippen molar-refractivity contribution in [3.63, 3.8) is 0 Å². The average Bonchev–Trinajstić information content (AvgIpc) is 2.73. The maximum Gasteiger partial charge on any atom is 0.409 e. The zero-order valence-corrected chi connectivity index (χ0v) is 15.6. The van der Waals surface area contributed by atoms with Gasteiger partial charge in [-0.1, -0.05) is 30.3 Å². The summed E-state index contributed by atoms with van der Waals surface area (Å²) >= 11 is 0. The van der Waals surface area contributed by atoms with Crippen LogP contribution in [-0.4, -0.2) is 50.2 Å². The molecule has 1 heterocycles. The fraction of sp³-hybridized carbons (Fsp3) is 0.238. The Morgan fingerprint density at radius 3 is 2.43 bits per heavy atom. The van der Waals surface area contributed by atoms with E-state index in [9.17, 15) is 14.0 Å². The fourth-order valence-corrected chi connectivity index (χ4v) is 3.02. The van der Waals surface area contributed by atoms with Crippen molar-refractivity contribution in [1.29, 1.82) is 0 Å². The van der Waals surface area contributed by atoms with E-state index in [4.69, 9.17) is 4.74 Å². The van der Waals surface area contributed by atoms with Crippen LogP contribution in [0.2, 0.25) is 0 Å². The third-order valence-electron chi connectivity index (χ3n) is 4.50. The number of piperazine rings is 1. The van der Waals surface area contributed by atoms with Gasteiger partial charge in [-0.25, -0.2) is 9.18 Å². The Morgan fingerprint density at radius 1 is 1.07 bits per heavy atom. The van der Waals surface area contributed by atoms with Gasteiger partial charge in [0.15, 0.2) is 0 Å². The average molecular weight is 383 g/mol.